The Hall–Kier alpha value is -2.32. The Balaban J connectivity index is 0. The van der Waals surface area contributed by atoms with Crippen molar-refractivity contribution in [1.29, 1.82) is 0 Å². The largest absolute Gasteiger partial charge is 0.480 e. The van der Waals surface area contributed by atoms with Crippen LogP contribution < -0.4 is 21.7 Å². The van der Waals surface area contributed by atoms with Crippen LogP contribution in [0.2, 0.25) is 0 Å². The summed E-state index contributed by atoms with van der Waals surface area (Å²) in [4.78, 5) is 36.4. The summed E-state index contributed by atoms with van der Waals surface area (Å²) in [5.41, 5.74) is 6.33. The van der Waals surface area contributed by atoms with E-state index in [9.17, 15) is 19.5 Å². The molecule has 9 heteroatoms. The van der Waals surface area contributed by atoms with Crippen LogP contribution in [0.15, 0.2) is 30.3 Å². The predicted molar refractivity (Wildman–Crippen MR) is 126 cm³/mol. The first-order valence-corrected chi connectivity index (χ1v) is 10.1. The summed E-state index contributed by atoms with van der Waals surface area (Å²) in [5.74, 6) is -0.957. The summed E-state index contributed by atoms with van der Waals surface area (Å²) >= 11 is 0. The molecule has 1 aromatic carbocycles. The third-order valence-corrected chi connectivity index (χ3v) is 4.48. The lowest BCUT2D eigenvalue weighted by Crippen LogP contribution is -2.54. The van der Waals surface area contributed by atoms with Crippen LogP contribution in [0.25, 0.3) is 0 Å². The molecule has 3 amide bonds. The van der Waals surface area contributed by atoms with Crippen LogP contribution in [0, 0.1) is 5.92 Å². The first-order valence-electron chi connectivity index (χ1n) is 10.1. The molecule has 0 radical (unpaired) electrons. The maximum Gasteiger partial charge on any atom is 0.326 e. The second-order valence-corrected chi connectivity index (χ2v) is 7.51. The summed E-state index contributed by atoms with van der Waals surface area (Å²) in [6, 6.07) is 6.85. The van der Waals surface area contributed by atoms with Crippen molar-refractivity contribution in [3.8, 4) is 0 Å². The normalized spacial score (nSPS) is 12.0. The molecule has 1 rings (SSSR count). The SMILES string of the molecule is C.CC(C)CCNC(=O)[C@@H](Cc1ccccc1)NC(=O)N[C@@H](CCCCN)C(=O)O.Cl. The number of carbonyl (C=O) groups excluding carboxylic acids is 2. The Morgan fingerprint density at radius 1 is 1.00 bits per heavy atom. The van der Waals surface area contributed by atoms with Crippen LogP contribution in [0.4, 0.5) is 4.79 Å². The van der Waals surface area contributed by atoms with Crippen molar-refractivity contribution in [2.45, 2.75) is 65.5 Å². The Labute approximate surface area is 192 Å². The van der Waals surface area contributed by atoms with E-state index in [1.807, 2.05) is 30.3 Å². The van der Waals surface area contributed by atoms with Crippen molar-refractivity contribution in [3.05, 3.63) is 35.9 Å². The standard InChI is InChI=1S/C21H34N4O4.CH4.ClH/c1-15(2)11-13-23-19(26)18(14-16-8-4-3-5-9-16)25-21(29)24-17(20(27)28)10-6-7-12-22;;/h3-5,8-9,15,17-18H,6-7,10-14,22H2,1-2H3,(H,23,26)(H,27,28)(H2,24,25,29);1H4;1H/t17-,18+;;/m0../s1. The molecule has 8 nitrogen and oxygen atoms in total. The molecule has 0 saturated heterocycles. The Bertz CT molecular complexity index is 644. The van der Waals surface area contributed by atoms with Gasteiger partial charge in [-0.25, -0.2) is 9.59 Å². The van der Waals surface area contributed by atoms with Crippen LogP contribution in [0.1, 0.15) is 52.5 Å². The molecule has 6 N–H and O–H groups in total. The second kappa shape index (κ2) is 17.4. The van der Waals surface area contributed by atoms with Gasteiger partial charge in [-0.15, -0.1) is 12.4 Å². The monoisotopic (exact) mass is 458 g/mol. The molecule has 0 saturated carbocycles. The van der Waals surface area contributed by atoms with Gasteiger partial charge in [-0.05, 0) is 43.7 Å². The number of benzene rings is 1. The fraction of sp³-hybridized carbons (Fsp3) is 0.591. The second-order valence-electron chi connectivity index (χ2n) is 7.51. The van der Waals surface area contributed by atoms with Gasteiger partial charge in [-0.3, -0.25) is 4.79 Å². The Morgan fingerprint density at radius 3 is 2.16 bits per heavy atom. The minimum atomic E-state index is -1.11. The summed E-state index contributed by atoms with van der Waals surface area (Å²) < 4.78 is 0. The number of rotatable bonds is 13. The quantitative estimate of drug-likeness (QED) is 0.290. The zero-order valence-electron chi connectivity index (χ0n) is 17.7. The van der Waals surface area contributed by atoms with Crippen molar-refractivity contribution >= 4 is 30.3 Å². The molecule has 0 heterocycles. The number of aliphatic carboxylic acids is 1. The van der Waals surface area contributed by atoms with Gasteiger partial charge >= 0.3 is 12.0 Å². The molecular weight excluding hydrogens is 420 g/mol. The minimum absolute atomic E-state index is 0. The van der Waals surface area contributed by atoms with Gasteiger partial charge in [0.15, 0.2) is 0 Å². The average Bonchev–Trinajstić information content (AvgIpc) is 2.67. The highest BCUT2D eigenvalue weighted by molar-refractivity contribution is 5.89. The summed E-state index contributed by atoms with van der Waals surface area (Å²) in [7, 11) is 0. The van der Waals surface area contributed by atoms with Crippen molar-refractivity contribution in [3.63, 3.8) is 0 Å². The van der Waals surface area contributed by atoms with E-state index in [0.29, 0.717) is 38.3 Å². The number of unbranched alkanes of at least 4 members (excludes halogenated alkanes) is 1. The lowest BCUT2D eigenvalue weighted by Gasteiger charge is -2.21. The first kappa shape index (κ1) is 30.9. The smallest absolute Gasteiger partial charge is 0.326 e. The molecule has 2 atom stereocenters. The highest BCUT2D eigenvalue weighted by Gasteiger charge is 2.24. The number of hydrogen-bond donors (Lipinski definition) is 5. The first-order chi connectivity index (χ1) is 13.8. The minimum Gasteiger partial charge on any atom is -0.480 e. The van der Waals surface area contributed by atoms with Gasteiger partial charge in [0.05, 0.1) is 0 Å². The van der Waals surface area contributed by atoms with Crippen LogP contribution in [-0.4, -0.2) is 48.2 Å². The summed E-state index contributed by atoms with van der Waals surface area (Å²) in [6.07, 6.45) is 2.70. The molecule has 31 heavy (non-hydrogen) atoms. The van der Waals surface area contributed by atoms with Crippen LogP contribution in [0.5, 0.6) is 0 Å². The van der Waals surface area contributed by atoms with Gasteiger partial charge in [0.25, 0.3) is 0 Å². The number of nitrogens with one attached hydrogen (secondary N) is 3. The number of carboxylic acid groups (broad SMARTS) is 1. The number of hydrogen-bond acceptors (Lipinski definition) is 4. The van der Waals surface area contributed by atoms with Gasteiger partial charge < -0.3 is 26.8 Å². The number of nitrogens with two attached hydrogens (primary N) is 1. The highest BCUT2D eigenvalue weighted by Crippen LogP contribution is 2.05. The predicted octanol–water partition coefficient (Wildman–Crippen LogP) is 2.70. The molecule has 0 aliphatic heterocycles. The molecule has 0 aliphatic rings. The number of carboxylic acids is 1. The Morgan fingerprint density at radius 2 is 1.61 bits per heavy atom. The van der Waals surface area contributed by atoms with E-state index in [-0.39, 0.29) is 32.2 Å². The number of carbonyl (C=O) groups is 3. The average molecular weight is 459 g/mol. The molecule has 0 aliphatic carbocycles. The Kier molecular flexibility index (Phi) is 17.3. The third kappa shape index (κ3) is 13.6. The molecule has 1 aromatic rings. The van der Waals surface area contributed by atoms with Crippen molar-refractivity contribution < 1.29 is 19.5 Å². The van der Waals surface area contributed by atoms with Crippen molar-refractivity contribution in [1.82, 2.24) is 16.0 Å². The van der Waals surface area contributed by atoms with Gasteiger partial charge in [0, 0.05) is 13.0 Å². The fourth-order valence-electron chi connectivity index (χ4n) is 2.77. The molecule has 0 bridgehead atoms. The number of halogens is 1. The maximum absolute atomic E-state index is 12.6. The van der Waals surface area contributed by atoms with Gasteiger partial charge in [0.2, 0.25) is 5.91 Å². The summed E-state index contributed by atoms with van der Waals surface area (Å²) in [6.45, 7) is 5.11. The highest BCUT2D eigenvalue weighted by atomic mass is 35.5. The topological polar surface area (TPSA) is 134 Å². The number of urea groups is 1. The zero-order chi connectivity index (χ0) is 21.6. The molecule has 0 fully saturated rings. The van der Waals surface area contributed by atoms with E-state index in [1.54, 1.807) is 0 Å². The van der Waals surface area contributed by atoms with E-state index < -0.39 is 24.1 Å². The molecule has 178 valence electrons. The van der Waals surface area contributed by atoms with Crippen LogP contribution in [0.3, 0.4) is 0 Å². The van der Waals surface area contributed by atoms with Crippen LogP contribution >= 0.6 is 12.4 Å². The fourth-order valence-corrected chi connectivity index (χ4v) is 2.77. The third-order valence-electron chi connectivity index (χ3n) is 4.48. The lowest BCUT2D eigenvalue weighted by molar-refractivity contribution is -0.139. The van der Waals surface area contributed by atoms with Crippen molar-refractivity contribution in [2.75, 3.05) is 13.1 Å². The van der Waals surface area contributed by atoms with E-state index in [1.165, 1.54) is 0 Å². The molecule has 0 unspecified atom stereocenters. The molecule has 0 spiro atoms. The molecule has 0 aromatic heterocycles. The number of amides is 3. The van der Waals surface area contributed by atoms with E-state index in [0.717, 1.165) is 12.0 Å². The van der Waals surface area contributed by atoms with Gasteiger partial charge in [-0.1, -0.05) is 51.6 Å². The van der Waals surface area contributed by atoms with E-state index in [4.69, 9.17) is 5.73 Å². The molecular formula is C22H39ClN4O4. The zero-order valence-corrected chi connectivity index (χ0v) is 18.5. The summed E-state index contributed by atoms with van der Waals surface area (Å²) in [5, 5.41) is 17.2. The van der Waals surface area contributed by atoms with Gasteiger partial charge in [-0.2, -0.15) is 0 Å². The van der Waals surface area contributed by atoms with E-state index >= 15 is 0 Å². The van der Waals surface area contributed by atoms with Gasteiger partial charge in [0.1, 0.15) is 12.1 Å². The lowest BCUT2D eigenvalue weighted by atomic mass is 10.0. The van der Waals surface area contributed by atoms with E-state index in [2.05, 4.69) is 29.8 Å². The van der Waals surface area contributed by atoms with Crippen molar-refractivity contribution in [2.24, 2.45) is 11.7 Å². The maximum atomic E-state index is 12.6. The van der Waals surface area contributed by atoms with Crippen LogP contribution in [-0.2, 0) is 16.0 Å².